The Labute approximate surface area is 152 Å². The first-order valence-electron chi connectivity index (χ1n) is 9.09. The number of aromatic nitrogens is 2. The van der Waals surface area contributed by atoms with Gasteiger partial charge >= 0.3 is 5.69 Å². The Kier molecular flexibility index (Phi) is 4.29. The normalized spacial score (nSPS) is 21.4. The van der Waals surface area contributed by atoms with E-state index >= 15 is 0 Å². The highest BCUT2D eigenvalue weighted by atomic mass is 19.3. The fourth-order valence-corrected chi connectivity index (χ4v) is 4.04. The summed E-state index contributed by atoms with van der Waals surface area (Å²) >= 11 is 0. The molecule has 1 aromatic heterocycles. The highest BCUT2D eigenvalue weighted by Gasteiger charge is 2.35. The number of halogens is 3. The molecule has 9 heteroatoms. The number of fused-ring (bicyclic) bond motifs is 1. The lowest BCUT2D eigenvalue weighted by molar-refractivity contribution is 0.152. The summed E-state index contributed by atoms with van der Waals surface area (Å²) in [6, 6.07) is 0.580. The molecule has 1 saturated heterocycles. The second-order valence-corrected chi connectivity index (χ2v) is 7.53. The molecule has 6 nitrogen and oxygen atoms in total. The monoisotopic (exact) mass is 382 g/mol. The van der Waals surface area contributed by atoms with Gasteiger partial charge < -0.3 is 10.6 Å². The molecular weight excluding hydrogens is 361 g/mol. The lowest BCUT2D eigenvalue weighted by Crippen LogP contribution is -2.33. The molecule has 0 unspecified atom stereocenters. The first-order chi connectivity index (χ1) is 12.8. The molecule has 2 aliphatic rings. The number of H-pyrrole nitrogens is 1. The zero-order valence-electron chi connectivity index (χ0n) is 14.8. The van der Waals surface area contributed by atoms with Crippen molar-refractivity contribution in [3.05, 3.63) is 38.3 Å². The number of benzene rings is 1. The van der Waals surface area contributed by atoms with E-state index in [1.807, 2.05) is 6.92 Å². The fourth-order valence-electron chi connectivity index (χ4n) is 4.04. The van der Waals surface area contributed by atoms with Crippen molar-refractivity contribution in [2.45, 2.75) is 44.7 Å². The summed E-state index contributed by atoms with van der Waals surface area (Å²) in [4.78, 5) is 28.2. The summed E-state index contributed by atoms with van der Waals surface area (Å²) in [6.45, 7) is 2.59. The predicted octanol–water partition coefficient (Wildman–Crippen LogP) is 2.27. The summed E-state index contributed by atoms with van der Waals surface area (Å²) in [5.41, 5.74) is 3.38. The Morgan fingerprint density at radius 1 is 1.26 bits per heavy atom. The Hall–Kier alpha value is -2.29. The van der Waals surface area contributed by atoms with Crippen molar-refractivity contribution in [3.63, 3.8) is 0 Å². The van der Waals surface area contributed by atoms with Gasteiger partial charge in [0.25, 0.3) is 12.0 Å². The van der Waals surface area contributed by atoms with Crippen LogP contribution in [0.5, 0.6) is 0 Å². The average Bonchev–Trinajstić information content (AvgIpc) is 3.29. The third-order valence-electron chi connectivity index (χ3n) is 5.60. The van der Waals surface area contributed by atoms with Crippen LogP contribution in [0.2, 0.25) is 0 Å². The SMILES string of the molecule is C[C@@H](N)[C@H]1CCN(c2c(F)cc3c(=O)[nH]c(=O)n(C4CC4)c3c2C(F)F)C1. The molecule has 0 amide bonds. The molecule has 146 valence electrons. The van der Waals surface area contributed by atoms with E-state index in [2.05, 4.69) is 4.98 Å². The van der Waals surface area contributed by atoms with Gasteiger partial charge in [-0.15, -0.1) is 0 Å². The third kappa shape index (κ3) is 2.93. The van der Waals surface area contributed by atoms with Gasteiger partial charge in [0.2, 0.25) is 0 Å². The number of anilines is 1. The molecule has 0 bridgehead atoms. The molecule has 2 fully saturated rings. The Balaban J connectivity index is 2.01. The number of hydrogen-bond acceptors (Lipinski definition) is 4. The largest absolute Gasteiger partial charge is 0.368 e. The van der Waals surface area contributed by atoms with Crippen LogP contribution >= 0.6 is 0 Å². The van der Waals surface area contributed by atoms with Crippen LogP contribution in [-0.4, -0.2) is 28.7 Å². The summed E-state index contributed by atoms with van der Waals surface area (Å²) in [5, 5.41) is -0.221. The van der Waals surface area contributed by atoms with Gasteiger partial charge in [0.1, 0.15) is 5.82 Å². The van der Waals surface area contributed by atoms with Crippen molar-refractivity contribution in [1.29, 1.82) is 0 Å². The van der Waals surface area contributed by atoms with Gasteiger partial charge in [0.15, 0.2) is 0 Å². The van der Waals surface area contributed by atoms with E-state index in [0.29, 0.717) is 32.4 Å². The molecule has 1 aliphatic carbocycles. The first kappa shape index (κ1) is 18.1. The first-order valence-corrected chi connectivity index (χ1v) is 9.09. The number of hydrogen-bond donors (Lipinski definition) is 2. The van der Waals surface area contributed by atoms with Gasteiger partial charge in [-0.05, 0) is 38.2 Å². The standard InChI is InChI=1S/C18H21F3N4O2/c1-8(22)9-4-5-24(7-9)15-12(19)6-11-14(13(15)16(20)21)25(10-2-3-10)18(27)23-17(11)26/h6,8-10,16H,2-5,7,22H2,1H3,(H,23,26,27)/t8-,9+/m1/s1. The molecular formula is C18H21F3N4O2. The van der Waals surface area contributed by atoms with E-state index in [-0.39, 0.29) is 34.6 Å². The van der Waals surface area contributed by atoms with Crippen LogP contribution in [-0.2, 0) is 0 Å². The van der Waals surface area contributed by atoms with Gasteiger partial charge in [-0.3, -0.25) is 14.3 Å². The Bertz CT molecular complexity index is 1010. The topological polar surface area (TPSA) is 84.1 Å². The Morgan fingerprint density at radius 2 is 1.96 bits per heavy atom. The van der Waals surface area contributed by atoms with E-state index in [0.717, 1.165) is 6.07 Å². The summed E-state index contributed by atoms with van der Waals surface area (Å²) in [5.74, 6) is -0.815. The van der Waals surface area contributed by atoms with Crippen LogP contribution in [0.4, 0.5) is 18.9 Å². The number of nitrogens with one attached hydrogen (secondary N) is 1. The van der Waals surface area contributed by atoms with Crippen LogP contribution in [0, 0.1) is 11.7 Å². The molecule has 1 aliphatic heterocycles. The number of aromatic amines is 1. The maximum absolute atomic E-state index is 14.9. The van der Waals surface area contributed by atoms with Crippen molar-refractivity contribution in [2.24, 2.45) is 11.7 Å². The minimum Gasteiger partial charge on any atom is -0.368 e. The molecule has 0 radical (unpaired) electrons. The van der Waals surface area contributed by atoms with E-state index < -0.39 is 29.1 Å². The molecule has 2 heterocycles. The molecule has 2 aromatic rings. The van der Waals surface area contributed by atoms with Crippen LogP contribution in [0.1, 0.15) is 44.2 Å². The number of alkyl halides is 2. The highest BCUT2D eigenvalue weighted by Crippen LogP contribution is 2.43. The van der Waals surface area contributed by atoms with Gasteiger partial charge in [-0.2, -0.15) is 0 Å². The predicted molar refractivity (Wildman–Crippen MR) is 96.0 cm³/mol. The number of nitrogens with two attached hydrogens (primary N) is 1. The summed E-state index contributed by atoms with van der Waals surface area (Å²) in [6.07, 6.45) is -1.04. The molecule has 27 heavy (non-hydrogen) atoms. The quantitative estimate of drug-likeness (QED) is 0.850. The van der Waals surface area contributed by atoms with Crippen molar-refractivity contribution in [1.82, 2.24) is 9.55 Å². The molecule has 1 aromatic carbocycles. The maximum atomic E-state index is 14.9. The van der Waals surface area contributed by atoms with E-state index in [4.69, 9.17) is 5.73 Å². The maximum Gasteiger partial charge on any atom is 0.329 e. The van der Waals surface area contributed by atoms with Crippen LogP contribution in [0.3, 0.4) is 0 Å². The van der Waals surface area contributed by atoms with E-state index in [1.165, 1.54) is 4.57 Å². The minimum atomic E-state index is -3.03. The molecule has 3 N–H and O–H groups in total. The van der Waals surface area contributed by atoms with Crippen molar-refractivity contribution in [2.75, 3.05) is 18.0 Å². The molecule has 4 rings (SSSR count). The van der Waals surface area contributed by atoms with Crippen molar-refractivity contribution in [3.8, 4) is 0 Å². The van der Waals surface area contributed by atoms with E-state index in [9.17, 15) is 22.8 Å². The van der Waals surface area contributed by atoms with E-state index in [1.54, 1.807) is 4.90 Å². The lowest BCUT2D eigenvalue weighted by Gasteiger charge is -2.25. The molecule has 0 spiro atoms. The third-order valence-corrected chi connectivity index (χ3v) is 5.60. The van der Waals surface area contributed by atoms with Crippen LogP contribution < -0.4 is 21.9 Å². The van der Waals surface area contributed by atoms with Crippen LogP contribution in [0.15, 0.2) is 15.7 Å². The van der Waals surface area contributed by atoms with Gasteiger partial charge in [0, 0.05) is 25.2 Å². The lowest BCUT2D eigenvalue weighted by atomic mass is 10.0. The summed E-state index contributed by atoms with van der Waals surface area (Å²) < 4.78 is 44.4. The van der Waals surface area contributed by atoms with Crippen molar-refractivity contribution < 1.29 is 13.2 Å². The molecule has 1 saturated carbocycles. The zero-order valence-corrected chi connectivity index (χ0v) is 14.8. The second kappa shape index (κ2) is 6.40. The fraction of sp³-hybridized carbons (Fsp3) is 0.556. The smallest absolute Gasteiger partial charge is 0.329 e. The highest BCUT2D eigenvalue weighted by molar-refractivity contribution is 5.88. The second-order valence-electron chi connectivity index (χ2n) is 7.53. The average molecular weight is 382 g/mol. The molecule has 2 atom stereocenters. The van der Waals surface area contributed by atoms with Crippen molar-refractivity contribution >= 4 is 16.6 Å². The van der Waals surface area contributed by atoms with Gasteiger partial charge in [-0.1, -0.05) is 0 Å². The number of nitrogens with zero attached hydrogens (tertiary/aromatic N) is 2. The Morgan fingerprint density at radius 3 is 2.52 bits per heavy atom. The van der Waals surface area contributed by atoms with Gasteiger partial charge in [0.05, 0.1) is 22.2 Å². The van der Waals surface area contributed by atoms with Gasteiger partial charge in [-0.25, -0.2) is 18.0 Å². The minimum absolute atomic E-state index is 0.0652. The van der Waals surface area contributed by atoms with Crippen LogP contribution in [0.25, 0.3) is 10.9 Å². The zero-order chi connectivity index (χ0) is 19.5. The number of rotatable bonds is 4. The summed E-state index contributed by atoms with van der Waals surface area (Å²) in [7, 11) is 0.